The van der Waals surface area contributed by atoms with Gasteiger partial charge in [0, 0.05) is 32.2 Å². The number of nitrogens with zero attached hydrogens (tertiary/aromatic N) is 1. The molecule has 3 heteroatoms. The van der Waals surface area contributed by atoms with E-state index in [0.29, 0.717) is 6.04 Å². The van der Waals surface area contributed by atoms with E-state index in [1.807, 2.05) is 6.07 Å². The zero-order valence-electron chi connectivity index (χ0n) is 11.7. The number of nitrogens with one attached hydrogen (secondary N) is 1. The van der Waals surface area contributed by atoms with Crippen LogP contribution in [0.2, 0.25) is 0 Å². The van der Waals surface area contributed by atoms with Gasteiger partial charge in [0.05, 0.1) is 13.2 Å². The van der Waals surface area contributed by atoms with Crippen LogP contribution < -0.4 is 5.32 Å². The van der Waals surface area contributed by atoms with Gasteiger partial charge in [0.2, 0.25) is 0 Å². The minimum absolute atomic E-state index is 0.513. The SMILES string of the molecule is CC(CN1CCOCC1)NC/C=C/c1ccccc1. The van der Waals surface area contributed by atoms with Crippen molar-refractivity contribution in [2.75, 3.05) is 39.4 Å². The molecular weight excluding hydrogens is 236 g/mol. The first-order chi connectivity index (χ1) is 9.34. The van der Waals surface area contributed by atoms with E-state index in [4.69, 9.17) is 4.74 Å². The van der Waals surface area contributed by atoms with Crippen molar-refractivity contribution in [3.8, 4) is 0 Å². The van der Waals surface area contributed by atoms with Gasteiger partial charge in [-0.2, -0.15) is 0 Å². The van der Waals surface area contributed by atoms with E-state index in [1.165, 1.54) is 5.56 Å². The topological polar surface area (TPSA) is 24.5 Å². The summed E-state index contributed by atoms with van der Waals surface area (Å²) >= 11 is 0. The van der Waals surface area contributed by atoms with Crippen molar-refractivity contribution in [2.24, 2.45) is 0 Å². The third-order valence-electron chi connectivity index (χ3n) is 3.33. The van der Waals surface area contributed by atoms with Crippen molar-refractivity contribution in [3.05, 3.63) is 42.0 Å². The Kier molecular flexibility index (Phi) is 6.08. The van der Waals surface area contributed by atoms with Gasteiger partial charge >= 0.3 is 0 Å². The van der Waals surface area contributed by atoms with Gasteiger partial charge in [-0.05, 0) is 12.5 Å². The number of hydrogen-bond donors (Lipinski definition) is 1. The van der Waals surface area contributed by atoms with Gasteiger partial charge in [0.1, 0.15) is 0 Å². The Labute approximate surface area is 116 Å². The molecule has 1 aromatic carbocycles. The summed E-state index contributed by atoms with van der Waals surface area (Å²) < 4.78 is 5.36. The van der Waals surface area contributed by atoms with Crippen molar-refractivity contribution < 1.29 is 4.74 Å². The summed E-state index contributed by atoms with van der Waals surface area (Å²) in [5.74, 6) is 0. The molecule has 1 N–H and O–H groups in total. The minimum Gasteiger partial charge on any atom is -0.379 e. The largest absolute Gasteiger partial charge is 0.379 e. The average molecular weight is 260 g/mol. The van der Waals surface area contributed by atoms with Crippen LogP contribution in [0.5, 0.6) is 0 Å². The van der Waals surface area contributed by atoms with Crippen LogP contribution in [0.4, 0.5) is 0 Å². The molecule has 2 rings (SSSR count). The maximum atomic E-state index is 5.36. The molecule has 3 nitrogen and oxygen atoms in total. The lowest BCUT2D eigenvalue weighted by Gasteiger charge is -2.29. The zero-order valence-corrected chi connectivity index (χ0v) is 11.7. The monoisotopic (exact) mass is 260 g/mol. The fraction of sp³-hybridized carbons (Fsp3) is 0.500. The molecular formula is C16H24N2O. The second-order valence-corrected chi connectivity index (χ2v) is 5.04. The van der Waals surface area contributed by atoms with E-state index in [2.05, 4.69) is 53.6 Å². The molecule has 1 atom stereocenters. The van der Waals surface area contributed by atoms with Gasteiger partial charge in [-0.25, -0.2) is 0 Å². The molecule has 0 amide bonds. The van der Waals surface area contributed by atoms with Crippen LogP contribution in [0.15, 0.2) is 36.4 Å². The Morgan fingerprint density at radius 3 is 2.74 bits per heavy atom. The van der Waals surface area contributed by atoms with Crippen LogP contribution in [0, 0.1) is 0 Å². The van der Waals surface area contributed by atoms with Crippen LogP contribution in [-0.2, 0) is 4.74 Å². The average Bonchev–Trinajstić information content (AvgIpc) is 2.46. The van der Waals surface area contributed by atoms with Gasteiger partial charge in [0.15, 0.2) is 0 Å². The Bertz CT molecular complexity index is 372. The second-order valence-electron chi connectivity index (χ2n) is 5.04. The highest BCUT2D eigenvalue weighted by Crippen LogP contribution is 2.01. The van der Waals surface area contributed by atoms with Crippen molar-refractivity contribution in [2.45, 2.75) is 13.0 Å². The highest BCUT2D eigenvalue weighted by atomic mass is 16.5. The van der Waals surface area contributed by atoms with Crippen LogP contribution in [-0.4, -0.2) is 50.3 Å². The molecule has 1 aromatic rings. The van der Waals surface area contributed by atoms with Crippen LogP contribution in [0.3, 0.4) is 0 Å². The summed E-state index contributed by atoms with van der Waals surface area (Å²) in [6, 6.07) is 10.9. The zero-order chi connectivity index (χ0) is 13.3. The molecule has 1 fully saturated rings. The predicted molar refractivity (Wildman–Crippen MR) is 80.2 cm³/mol. The van der Waals surface area contributed by atoms with Gasteiger partial charge in [-0.15, -0.1) is 0 Å². The van der Waals surface area contributed by atoms with Crippen molar-refractivity contribution in [1.29, 1.82) is 0 Å². The lowest BCUT2D eigenvalue weighted by molar-refractivity contribution is 0.0346. The van der Waals surface area contributed by atoms with E-state index in [-0.39, 0.29) is 0 Å². The van der Waals surface area contributed by atoms with Gasteiger partial charge < -0.3 is 10.1 Å². The lowest BCUT2D eigenvalue weighted by atomic mass is 10.2. The first-order valence-electron chi connectivity index (χ1n) is 7.09. The third-order valence-corrected chi connectivity index (χ3v) is 3.33. The normalized spacial score (nSPS) is 18.8. The van der Waals surface area contributed by atoms with Crippen molar-refractivity contribution in [1.82, 2.24) is 10.2 Å². The molecule has 1 saturated heterocycles. The summed E-state index contributed by atoms with van der Waals surface area (Å²) in [6.07, 6.45) is 4.35. The van der Waals surface area contributed by atoms with E-state index in [1.54, 1.807) is 0 Å². The lowest BCUT2D eigenvalue weighted by Crippen LogP contribution is -2.44. The van der Waals surface area contributed by atoms with E-state index in [0.717, 1.165) is 39.4 Å². The Hall–Kier alpha value is -1.16. The number of benzene rings is 1. The third kappa shape index (κ3) is 5.55. The van der Waals surface area contributed by atoms with E-state index in [9.17, 15) is 0 Å². The number of hydrogen-bond acceptors (Lipinski definition) is 3. The summed E-state index contributed by atoms with van der Waals surface area (Å²) in [6.45, 7) is 8.13. The molecule has 0 aromatic heterocycles. The standard InChI is InChI=1S/C16H24N2O/c1-15(14-18-10-12-19-13-11-18)17-9-5-8-16-6-3-2-4-7-16/h2-8,15,17H,9-14H2,1H3/b8-5+. The van der Waals surface area contributed by atoms with Crippen LogP contribution in [0.25, 0.3) is 6.08 Å². The number of morpholine rings is 1. The minimum atomic E-state index is 0.513. The van der Waals surface area contributed by atoms with Gasteiger partial charge in [0.25, 0.3) is 0 Å². The molecule has 1 unspecified atom stereocenters. The van der Waals surface area contributed by atoms with Crippen LogP contribution >= 0.6 is 0 Å². The van der Waals surface area contributed by atoms with E-state index >= 15 is 0 Å². The Morgan fingerprint density at radius 1 is 1.26 bits per heavy atom. The first-order valence-corrected chi connectivity index (χ1v) is 7.09. The van der Waals surface area contributed by atoms with Gasteiger partial charge in [-0.1, -0.05) is 42.5 Å². The molecule has 19 heavy (non-hydrogen) atoms. The number of ether oxygens (including phenoxy) is 1. The van der Waals surface area contributed by atoms with Crippen LogP contribution in [0.1, 0.15) is 12.5 Å². The molecule has 0 spiro atoms. The first kappa shape index (κ1) is 14.3. The maximum Gasteiger partial charge on any atom is 0.0594 e. The summed E-state index contributed by atoms with van der Waals surface area (Å²) in [5.41, 5.74) is 1.25. The molecule has 0 radical (unpaired) electrons. The summed E-state index contributed by atoms with van der Waals surface area (Å²) in [4.78, 5) is 2.46. The molecule has 104 valence electrons. The Balaban J connectivity index is 1.63. The molecule has 0 saturated carbocycles. The number of rotatable bonds is 6. The van der Waals surface area contributed by atoms with Crippen molar-refractivity contribution in [3.63, 3.8) is 0 Å². The highest BCUT2D eigenvalue weighted by Gasteiger charge is 2.12. The second kappa shape index (κ2) is 8.10. The molecule has 1 heterocycles. The fourth-order valence-corrected chi connectivity index (χ4v) is 2.26. The Morgan fingerprint density at radius 2 is 2.00 bits per heavy atom. The maximum absolute atomic E-state index is 5.36. The molecule has 0 aliphatic carbocycles. The van der Waals surface area contributed by atoms with E-state index < -0.39 is 0 Å². The fourth-order valence-electron chi connectivity index (χ4n) is 2.26. The van der Waals surface area contributed by atoms with Crippen molar-refractivity contribution >= 4 is 6.08 Å². The predicted octanol–water partition coefficient (Wildman–Crippen LogP) is 2.01. The smallest absolute Gasteiger partial charge is 0.0594 e. The quantitative estimate of drug-likeness (QED) is 0.847. The molecule has 0 bridgehead atoms. The van der Waals surface area contributed by atoms with Gasteiger partial charge in [-0.3, -0.25) is 4.90 Å². The molecule has 1 aliphatic rings. The summed E-state index contributed by atoms with van der Waals surface area (Å²) in [5, 5.41) is 3.53. The summed E-state index contributed by atoms with van der Waals surface area (Å²) in [7, 11) is 0. The molecule has 1 aliphatic heterocycles. The highest BCUT2D eigenvalue weighted by molar-refractivity contribution is 5.48.